The van der Waals surface area contributed by atoms with E-state index in [9.17, 15) is 24.3 Å². The van der Waals surface area contributed by atoms with E-state index in [0.717, 1.165) is 24.0 Å². The van der Waals surface area contributed by atoms with Crippen molar-refractivity contribution >= 4 is 52.8 Å². The zero-order valence-corrected chi connectivity index (χ0v) is 22.1. The maximum absolute atomic E-state index is 13.1. The predicted molar refractivity (Wildman–Crippen MR) is 147 cm³/mol. The van der Waals surface area contributed by atoms with Gasteiger partial charge in [-0.2, -0.15) is 0 Å². The number of rotatable bonds is 9. The van der Waals surface area contributed by atoms with Crippen LogP contribution in [-0.2, 0) is 11.2 Å². The summed E-state index contributed by atoms with van der Waals surface area (Å²) in [6, 6.07) is 18.2. The third kappa shape index (κ3) is 7.07. The number of ketones is 1. The number of carbonyl (C=O) groups is 4. The average molecular weight is 570 g/mol. The third-order valence-electron chi connectivity index (χ3n) is 6.29. The number of para-hydroxylation sites is 1. The molecule has 0 saturated carbocycles. The lowest BCUT2D eigenvalue weighted by atomic mass is 9.97. The first-order chi connectivity index (χ1) is 18.7. The summed E-state index contributed by atoms with van der Waals surface area (Å²) in [4.78, 5) is 49.7. The number of aliphatic carboxylic acids is 1. The van der Waals surface area contributed by atoms with Gasteiger partial charge >= 0.3 is 18.1 Å². The topological polar surface area (TPSA) is 134 Å². The summed E-state index contributed by atoms with van der Waals surface area (Å²) in [6.07, 6.45) is 0.257. The number of aryl methyl sites for hydroxylation is 1. The molecule has 4 rings (SSSR count). The van der Waals surface area contributed by atoms with Gasteiger partial charge in [0.25, 0.3) is 0 Å². The van der Waals surface area contributed by atoms with Crippen molar-refractivity contribution in [3.05, 3.63) is 93.5 Å². The predicted octanol–water partition coefficient (Wildman–Crippen LogP) is 5.86. The highest BCUT2D eigenvalue weighted by Crippen LogP contribution is 2.34. The van der Waals surface area contributed by atoms with Crippen LogP contribution >= 0.6 is 23.2 Å². The van der Waals surface area contributed by atoms with Crippen LogP contribution in [0.2, 0.25) is 10.0 Å². The first-order valence-corrected chi connectivity index (χ1v) is 12.9. The Balaban J connectivity index is 1.37. The van der Waals surface area contributed by atoms with Crippen LogP contribution in [0.25, 0.3) is 0 Å². The fourth-order valence-corrected chi connectivity index (χ4v) is 4.97. The lowest BCUT2D eigenvalue weighted by Crippen LogP contribution is -2.41. The fourth-order valence-electron chi connectivity index (χ4n) is 4.34. The summed E-state index contributed by atoms with van der Waals surface area (Å²) in [5.74, 6) is -2.88. The van der Waals surface area contributed by atoms with Crippen LogP contribution in [0.1, 0.15) is 40.4 Å². The molecular weight excluding hydrogens is 545 g/mol. The Morgan fingerprint density at radius 3 is 2.44 bits per heavy atom. The van der Waals surface area contributed by atoms with E-state index in [1.807, 2.05) is 24.3 Å². The highest BCUT2D eigenvalue weighted by molar-refractivity contribution is 6.41. The van der Waals surface area contributed by atoms with Gasteiger partial charge in [-0.1, -0.05) is 65.7 Å². The molecule has 0 heterocycles. The molecule has 1 aliphatic carbocycles. The van der Waals surface area contributed by atoms with E-state index in [2.05, 4.69) is 16.0 Å². The van der Waals surface area contributed by atoms with Gasteiger partial charge in [0.05, 0.1) is 33.3 Å². The van der Waals surface area contributed by atoms with E-state index in [1.54, 1.807) is 30.3 Å². The lowest BCUT2D eigenvalue weighted by molar-refractivity contribution is -0.141. The maximum Gasteiger partial charge on any atom is 0.417 e. The molecule has 0 bridgehead atoms. The molecule has 3 amide bonds. The molecule has 202 valence electrons. The van der Waals surface area contributed by atoms with Gasteiger partial charge in [0.2, 0.25) is 0 Å². The van der Waals surface area contributed by atoms with Gasteiger partial charge in [-0.3, -0.25) is 14.9 Å². The highest BCUT2D eigenvalue weighted by Gasteiger charge is 2.28. The summed E-state index contributed by atoms with van der Waals surface area (Å²) in [6.45, 7) is -0.294. The zero-order chi connectivity index (χ0) is 27.9. The van der Waals surface area contributed by atoms with Gasteiger partial charge in [-0.05, 0) is 48.2 Å². The standard InChI is InChI=1S/C28H25Cl2N3O6/c29-20-11-13-22(33-28(38)39-18-7-2-1-3-8-18)25(30)24(20)23(34)14-17(26(35)36)15-31-27(37)32-21-12-10-16-6-4-5-9-19(16)21/h1-9,11,13,17,21H,10,12,14-15H2,(H,33,38)(H,35,36)(H2,31,32,37). The quantitative estimate of drug-likeness (QED) is 0.238. The summed E-state index contributed by atoms with van der Waals surface area (Å²) in [5.41, 5.74) is 2.11. The van der Waals surface area contributed by atoms with Gasteiger partial charge in [-0.25, -0.2) is 9.59 Å². The number of halogens is 2. The number of benzene rings is 3. The van der Waals surface area contributed by atoms with Gasteiger partial charge in [0.1, 0.15) is 5.75 Å². The van der Waals surface area contributed by atoms with Gasteiger partial charge in [0, 0.05) is 13.0 Å². The summed E-state index contributed by atoms with van der Waals surface area (Å²) >= 11 is 12.6. The number of nitrogens with one attached hydrogen (secondary N) is 3. The van der Waals surface area contributed by atoms with E-state index in [1.165, 1.54) is 12.1 Å². The number of ether oxygens (including phenoxy) is 1. The van der Waals surface area contributed by atoms with E-state index in [0.29, 0.717) is 5.75 Å². The van der Waals surface area contributed by atoms with E-state index >= 15 is 0 Å². The van der Waals surface area contributed by atoms with Crippen molar-refractivity contribution in [2.45, 2.75) is 25.3 Å². The smallest absolute Gasteiger partial charge is 0.417 e. The monoisotopic (exact) mass is 569 g/mol. The molecule has 2 unspecified atom stereocenters. The summed E-state index contributed by atoms with van der Waals surface area (Å²) < 4.78 is 5.17. The Bertz CT molecular complexity index is 1400. The van der Waals surface area contributed by atoms with Crippen LogP contribution in [0.15, 0.2) is 66.7 Å². The number of Topliss-reactive ketones (excluding diaryl/α,β-unsaturated/α-hetero) is 1. The number of carboxylic acids is 1. The van der Waals surface area contributed by atoms with Crippen molar-refractivity contribution in [3.8, 4) is 5.75 Å². The van der Waals surface area contributed by atoms with Crippen molar-refractivity contribution < 1.29 is 29.0 Å². The number of anilines is 1. The van der Waals surface area contributed by atoms with Crippen LogP contribution in [0.4, 0.5) is 15.3 Å². The first-order valence-electron chi connectivity index (χ1n) is 12.1. The maximum atomic E-state index is 13.1. The third-order valence-corrected chi connectivity index (χ3v) is 7.00. The summed E-state index contributed by atoms with van der Waals surface area (Å²) in [7, 11) is 0. The highest BCUT2D eigenvalue weighted by atomic mass is 35.5. The SMILES string of the molecule is O=C(NCC(CC(=O)c1c(Cl)ccc(NC(=O)Oc2ccccc2)c1Cl)C(=O)O)NC1CCc2ccccc21. The molecule has 0 radical (unpaired) electrons. The van der Waals surface area contributed by atoms with Crippen LogP contribution in [0, 0.1) is 5.92 Å². The number of carboxylic acid groups (broad SMARTS) is 1. The molecule has 9 nitrogen and oxygen atoms in total. The number of hydrogen-bond acceptors (Lipinski definition) is 5. The average Bonchev–Trinajstić information content (AvgIpc) is 3.31. The number of fused-ring (bicyclic) bond motifs is 1. The van der Waals surface area contributed by atoms with E-state index in [4.69, 9.17) is 27.9 Å². The molecule has 11 heteroatoms. The Morgan fingerprint density at radius 2 is 1.69 bits per heavy atom. The first kappa shape index (κ1) is 27.9. The molecule has 2 atom stereocenters. The number of urea groups is 1. The number of amides is 3. The number of carbonyl (C=O) groups excluding carboxylic acids is 3. The Morgan fingerprint density at radius 1 is 0.974 bits per heavy atom. The largest absolute Gasteiger partial charge is 0.481 e. The normalized spacial score (nSPS) is 14.6. The van der Waals surface area contributed by atoms with Gasteiger partial charge < -0.3 is 20.5 Å². The lowest BCUT2D eigenvalue weighted by Gasteiger charge is -2.18. The second-order valence-corrected chi connectivity index (χ2v) is 9.70. The molecule has 4 N–H and O–H groups in total. The molecule has 39 heavy (non-hydrogen) atoms. The molecule has 3 aromatic rings. The van der Waals surface area contributed by atoms with Crippen molar-refractivity contribution in [2.75, 3.05) is 11.9 Å². The fraction of sp³-hybridized carbons (Fsp3) is 0.214. The minimum absolute atomic E-state index is 0.0123. The van der Waals surface area contributed by atoms with Gasteiger partial charge in [-0.15, -0.1) is 0 Å². The molecule has 0 saturated heterocycles. The van der Waals surface area contributed by atoms with E-state index in [-0.39, 0.29) is 33.9 Å². The van der Waals surface area contributed by atoms with Crippen molar-refractivity contribution in [1.82, 2.24) is 10.6 Å². The molecule has 0 aliphatic heterocycles. The van der Waals surface area contributed by atoms with E-state index < -0.39 is 36.2 Å². The van der Waals surface area contributed by atoms with Crippen molar-refractivity contribution in [2.24, 2.45) is 5.92 Å². The molecular formula is C28H25Cl2N3O6. The van der Waals surface area contributed by atoms with Crippen LogP contribution in [-0.4, -0.2) is 35.5 Å². The molecule has 1 aliphatic rings. The van der Waals surface area contributed by atoms with Crippen LogP contribution in [0.5, 0.6) is 5.75 Å². The molecule has 0 aromatic heterocycles. The van der Waals surface area contributed by atoms with Crippen molar-refractivity contribution in [3.63, 3.8) is 0 Å². The van der Waals surface area contributed by atoms with Crippen LogP contribution < -0.4 is 20.7 Å². The minimum Gasteiger partial charge on any atom is -0.481 e. The molecule has 3 aromatic carbocycles. The Labute approximate surface area is 234 Å². The number of hydrogen-bond donors (Lipinski definition) is 4. The van der Waals surface area contributed by atoms with Gasteiger partial charge in [0.15, 0.2) is 5.78 Å². The Kier molecular flexibility index (Phi) is 9.06. The van der Waals surface area contributed by atoms with Crippen molar-refractivity contribution in [1.29, 1.82) is 0 Å². The van der Waals surface area contributed by atoms with Crippen LogP contribution in [0.3, 0.4) is 0 Å². The second kappa shape index (κ2) is 12.6. The molecule has 0 fully saturated rings. The zero-order valence-electron chi connectivity index (χ0n) is 20.6. The second-order valence-electron chi connectivity index (χ2n) is 8.92. The minimum atomic E-state index is -1.28. The summed E-state index contributed by atoms with van der Waals surface area (Å²) in [5, 5.41) is 17.4. The molecule has 0 spiro atoms. The Hall–Kier alpha value is -4.08.